The molecule has 0 atom stereocenters. The number of ketones is 1. The molecule has 0 saturated carbocycles. The van der Waals surface area contributed by atoms with Gasteiger partial charge in [-0.1, -0.05) is 12.1 Å². The van der Waals surface area contributed by atoms with Gasteiger partial charge in [0.2, 0.25) is 5.75 Å². The molecule has 8 heteroatoms. The first-order valence-corrected chi connectivity index (χ1v) is 8.98. The summed E-state index contributed by atoms with van der Waals surface area (Å²) in [5, 5.41) is 9.57. The average molecular weight is 402 g/mol. The largest absolute Gasteiger partial charge is 0.493 e. The predicted molar refractivity (Wildman–Crippen MR) is 111 cm³/mol. The van der Waals surface area contributed by atoms with Gasteiger partial charge in [0.1, 0.15) is 6.07 Å². The summed E-state index contributed by atoms with van der Waals surface area (Å²) in [7, 11) is 4.42. The lowest BCUT2D eigenvalue weighted by Gasteiger charge is -2.15. The number of anilines is 1. The van der Waals surface area contributed by atoms with Crippen molar-refractivity contribution in [3.8, 4) is 23.3 Å². The van der Waals surface area contributed by atoms with Gasteiger partial charge in [-0.25, -0.2) is 4.98 Å². The van der Waals surface area contributed by atoms with Gasteiger partial charge in [0.05, 0.1) is 49.2 Å². The van der Waals surface area contributed by atoms with E-state index < -0.39 is 5.78 Å². The summed E-state index contributed by atoms with van der Waals surface area (Å²) in [6.45, 7) is 0. The maximum atomic E-state index is 13.6. The lowest BCUT2D eigenvalue weighted by Crippen LogP contribution is -2.11. The first-order valence-electron chi connectivity index (χ1n) is 8.98. The number of carbonyl (C=O) groups excluding carboxylic acids is 1. The molecule has 2 heterocycles. The van der Waals surface area contributed by atoms with Gasteiger partial charge < -0.3 is 19.9 Å². The maximum absolute atomic E-state index is 13.6. The first-order chi connectivity index (χ1) is 14.5. The summed E-state index contributed by atoms with van der Waals surface area (Å²) < 4.78 is 17.7. The molecule has 0 fully saturated rings. The third kappa shape index (κ3) is 2.76. The molecule has 0 amide bonds. The van der Waals surface area contributed by atoms with Crippen molar-refractivity contribution in [1.82, 2.24) is 9.38 Å². The van der Waals surface area contributed by atoms with Gasteiger partial charge >= 0.3 is 0 Å². The topological polar surface area (TPSA) is 112 Å². The Balaban J connectivity index is 2.03. The van der Waals surface area contributed by atoms with E-state index >= 15 is 0 Å². The average Bonchev–Trinajstić information content (AvgIpc) is 3.14. The summed E-state index contributed by atoms with van der Waals surface area (Å²) in [6, 6.07) is 12.5. The molecule has 0 spiro atoms. The van der Waals surface area contributed by atoms with Crippen molar-refractivity contribution in [3.63, 3.8) is 0 Å². The van der Waals surface area contributed by atoms with Crippen LogP contribution in [0.5, 0.6) is 17.2 Å². The van der Waals surface area contributed by atoms with Crippen molar-refractivity contribution in [3.05, 3.63) is 59.3 Å². The lowest BCUT2D eigenvalue weighted by molar-refractivity contribution is 0.103. The number of pyridine rings is 1. The second-order valence-corrected chi connectivity index (χ2v) is 6.48. The number of aromatic nitrogens is 2. The van der Waals surface area contributed by atoms with E-state index in [0.717, 1.165) is 5.52 Å². The van der Waals surface area contributed by atoms with Gasteiger partial charge in [-0.2, -0.15) is 5.26 Å². The number of carbonyl (C=O) groups is 1. The van der Waals surface area contributed by atoms with Crippen LogP contribution in [0.15, 0.2) is 42.6 Å². The summed E-state index contributed by atoms with van der Waals surface area (Å²) in [4.78, 5) is 18.1. The number of nitrogens with zero attached hydrogens (tertiary/aromatic N) is 3. The fraction of sp³-hybridized carbons (Fsp3) is 0.136. The van der Waals surface area contributed by atoms with Crippen LogP contribution in [0.1, 0.15) is 21.5 Å². The van der Waals surface area contributed by atoms with Gasteiger partial charge in [0.25, 0.3) is 0 Å². The number of methoxy groups -OCH3 is 3. The predicted octanol–water partition coefficient (Wildman–Crippen LogP) is 3.20. The second kappa shape index (κ2) is 7.29. The number of rotatable bonds is 5. The Kier molecular flexibility index (Phi) is 4.64. The minimum absolute atomic E-state index is 0.0686. The van der Waals surface area contributed by atoms with Gasteiger partial charge in [-0.3, -0.25) is 9.20 Å². The van der Waals surface area contributed by atoms with Crippen LogP contribution in [0, 0.1) is 11.3 Å². The zero-order valence-electron chi connectivity index (χ0n) is 16.6. The number of ether oxygens (including phenoxy) is 3. The smallest absolute Gasteiger partial charge is 0.203 e. The molecule has 150 valence electrons. The molecule has 4 aromatic rings. The fourth-order valence-electron chi connectivity index (χ4n) is 3.47. The molecule has 0 unspecified atom stereocenters. The van der Waals surface area contributed by atoms with Gasteiger partial charge in [0.15, 0.2) is 22.9 Å². The maximum Gasteiger partial charge on any atom is 0.203 e. The van der Waals surface area contributed by atoms with Crippen LogP contribution in [0.3, 0.4) is 0 Å². The van der Waals surface area contributed by atoms with E-state index in [1.807, 2.05) is 24.3 Å². The number of nitriles is 1. The second-order valence-electron chi connectivity index (χ2n) is 6.48. The van der Waals surface area contributed by atoms with Crippen LogP contribution >= 0.6 is 0 Å². The lowest BCUT2D eigenvalue weighted by atomic mass is 10.00. The number of nitrogen functional groups attached to an aromatic ring is 1. The van der Waals surface area contributed by atoms with E-state index in [1.165, 1.54) is 21.3 Å². The minimum atomic E-state index is -0.413. The number of hydrogen-bond donors (Lipinski definition) is 1. The van der Waals surface area contributed by atoms with Gasteiger partial charge in [0, 0.05) is 11.8 Å². The molecule has 4 rings (SSSR count). The normalized spacial score (nSPS) is 10.7. The molecule has 2 aromatic carbocycles. The number of imidazole rings is 1. The summed E-state index contributed by atoms with van der Waals surface area (Å²) in [5.41, 5.74) is 8.71. The summed E-state index contributed by atoms with van der Waals surface area (Å²) in [6.07, 6.45) is 1.59. The first kappa shape index (κ1) is 19.1. The highest BCUT2D eigenvalue weighted by Crippen LogP contribution is 2.39. The number of nitrogens with two attached hydrogens (primary N) is 1. The molecule has 2 N–H and O–H groups in total. The fourth-order valence-corrected chi connectivity index (χ4v) is 3.47. The molecular weight excluding hydrogens is 384 g/mol. The van der Waals surface area contributed by atoms with Crippen molar-refractivity contribution in [2.24, 2.45) is 0 Å². The molecule has 0 radical (unpaired) electrons. The van der Waals surface area contributed by atoms with Crippen molar-refractivity contribution in [1.29, 1.82) is 5.26 Å². The Morgan fingerprint density at radius 3 is 2.37 bits per heavy atom. The summed E-state index contributed by atoms with van der Waals surface area (Å²) >= 11 is 0. The molecule has 0 aliphatic rings. The highest BCUT2D eigenvalue weighted by Gasteiger charge is 2.25. The third-order valence-electron chi connectivity index (χ3n) is 4.91. The molecular formula is C22H18N4O4. The molecule has 0 aliphatic heterocycles. The van der Waals surface area contributed by atoms with E-state index in [9.17, 15) is 10.1 Å². The Hall–Kier alpha value is -4.25. The van der Waals surface area contributed by atoms with Crippen LogP contribution in [-0.2, 0) is 0 Å². The van der Waals surface area contributed by atoms with Crippen LogP contribution in [-0.4, -0.2) is 36.5 Å². The van der Waals surface area contributed by atoms with E-state index in [1.54, 1.807) is 22.7 Å². The van der Waals surface area contributed by atoms with E-state index in [2.05, 4.69) is 11.1 Å². The van der Waals surface area contributed by atoms with Crippen molar-refractivity contribution in [2.45, 2.75) is 0 Å². The summed E-state index contributed by atoms with van der Waals surface area (Å²) in [5.74, 6) is 0.621. The molecule has 8 nitrogen and oxygen atoms in total. The molecule has 2 aromatic heterocycles. The third-order valence-corrected chi connectivity index (χ3v) is 4.91. The van der Waals surface area contributed by atoms with Crippen molar-refractivity contribution in [2.75, 3.05) is 27.1 Å². The Labute approximate surface area is 172 Å². The highest BCUT2D eigenvalue weighted by molar-refractivity contribution is 6.17. The van der Waals surface area contributed by atoms with Gasteiger partial charge in [-0.15, -0.1) is 0 Å². The molecule has 0 aliphatic carbocycles. The van der Waals surface area contributed by atoms with Gasteiger partial charge in [-0.05, 0) is 24.3 Å². The Morgan fingerprint density at radius 1 is 1.10 bits per heavy atom. The molecule has 0 bridgehead atoms. The van der Waals surface area contributed by atoms with Crippen LogP contribution < -0.4 is 19.9 Å². The SMILES string of the molecule is COc1cc(C(=O)c2c(N)c(C#N)cn3c2nc2ccccc23)cc(OC)c1OC. The standard InChI is InChI=1S/C22H18N4O4/c1-28-16-8-12(9-17(29-2)21(16)30-3)20(27)18-19(24)13(10-23)11-26-15-7-5-4-6-14(15)25-22(18)26/h4-9,11H,24H2,1-3H3. The number of fused-ring (bicyclic) bond motifs is 3. The zero-order chi connectivity index (χ0) is 21.4. The van der Waals surface area contributed by atoms with Crippen LogP contribution in [0.25, 0.3) is 16.7 Å². The number of hydrogen-bond acceptors (Lipinski definition) is 7. The zero-order valence-corrected chi connectivity index (χ0v) is 16.6. The van der Waals surface area contributed by atoms with E-state index in [-0.39, 0.29) is 22.4 Å². The van der Waals surface area contributed by atoms with Crippen LogP contribution in [0.4, 0.5) is 5.69 Å². The molecule has 30 heavy (non-hydrogen) atoms. The minimum Gasteiger partial charge on any atom is -0.493 e. The quantitative estimate of drug-likeness (QED) is 0.510. The van der Waals surface area contributed by atoms with Crippen molar-refractivity contribution >= 4 is 28.2 Å². The Morgan fingerprint density at radius 2 is 1.77 bits per heavy atom. The number of benzene rings is 2. The van der Waals surface area contributed by atoms with E-state index in [4.69, 9.17) is 19.9 Å². The monoisotopic (exact) mass is 402 g/mol. The molecule has 0 saturated heterocycles. The Bertz CT molecular complexity index is 1330. The highest BCUT2D eigenvalue weighted by atomic mass is 16.5. The van der Waals surface area contributed by atoms with Crippen LogP contribution in [0.2, 0.25) is 0 Å². The van der Waals surface area contributed by atoms with Crippen molar-refractivity contribution < 1.29 is 19.0 Å². The van der Waals surface area contributed by atoms with E-state index in [0.29, 0.717) is 28.4 Å². The number of para-hydroxylation sites is 2.